The first-order chi connectivity index (χ1) is 31.8. The summed E-state index contributed by atoms with van der Waals surface area (Å²) in [7, 11) is 1.37. The number of carboxylic acid groups (broad SMARTS) is 2. The highest BCUT2D eigenvalue weighted by Gasteiger charge is 2.53. The third-order valence-corrected chi connectivity index (χ3v) is 13.0. The van der Waals surface area contributed by atoms with Gasteiger partial charge in [-0.15, -0.1) is 11.8 Å². The Morgan fingerprint density at radius 3 is 2.18 bits per heavy atom. The number of nitrogens with one attached hydrogen (secondary N) is 3. The monoisotopic (exact) mass is 971 g/mol. The van der Waals surface area contributed by atoms with Gasteiger partial charge < -0.3 is 60.4 Å². The van der Waals surface area contributed by atoms with Crippen molar-refractivity contribution >= 4 is 64.7 Å². The normalized spacial score (nSPS) is 28.8. The number of phenolic OH excluding ortho intramolecular Hbond substituents is 1. The second kappa shape index (κ2) is 22.6. The number of thioether (sulfide) groups is 1. The number of fused-ring (bicyclic) bond motifs is 14. The van der Waals surface area contributed by atoms with E-state index in [0.29, 0.717) is 11.8 Å². The smallest absolute Gasteiger partial charge is 0.326 e. The Morgan fingerprint density at radius 1 is 0.912 bits per heavy atom. The van der Waals surface area contributed by atoms with Crippen LogP contribution >= 0.6 is 11.8 Å². The first-order valence-corrected chi connectivity index (χ1v) is 22.4. The molecule has 5 rings (SSSR count). The molecule has 8 N–H and O–H groups in total. The number of phenols is 1. The van der Waals surface area contributed by atoms with Crippen molar-refractivity contribution in [3.05, 3.63) is 69.0 Å². The lowest BCUT2D eigenvalue weighted by Gasteiger charge is -2.38. The number of aliphatic hydroxyl groups excluding tert-OH is 2. The van der Waals surface area contributed by atoms with Crippen molar-refractivity contribution in [1.82, 2.24) is 16.0 Å². The maximum atomic E-state index is 14.7. The van der Waals surface area contributed by atoms with Crippen LogP contribution in [-0.4, -0.2) is 134 Å². The minimum absolute atomic E-state index is 0.00189. The molecule has 0 spiro atoms. The number of rotatable bonds is 12. The summed E-state index contributed by atoms with van der Waals surface area (Å²) in [6, 6.07) is -1.77. The zero-order chi connectivity index (χ0) is 51.1. The topological polar surface area (TPSA) is 328 Å². The van der Waals surface area contributed by atoms with Crippen LogP contribution in [0.15, 0.2) is 46.7 Å². The fraction of sp³-hybridized carbons (Fsp3) is 0.500. The number of hydrogen-bond acceptors (Lipinski definition) is 17. The molecule has 1 aromatic carbocycles. The molecule has 0 radical (unpaired) electrons. The lowest BCUT2D eigenvalue weighted by Crippen LogP contribution is -2.46. The van der Waals surface area contributed by atoms with Gasteiger partial charge in [-0.1, -0.05) is 45.9 Å². The molecule has 5 bridgehead atoms. The highest BCUT2D eigenvalue weighted by molar-refractivity contribution is 8.04. The molecule has 370 valence electrons. The first-order valence-electron chi connectivity index (χ1n) is 21.4. The standard InChI is InChI=1S/C46H57N3O18S/c1-19-11-10-12-20(2)44(61)49-34-38(58)32-31(39(59)42(34)68-16-14-28(51)47-18-29(52)48-26(45(62)63)17-30(53)54)33-41(24(6)37(32)57)67-46(8,43(33)60)65-15-13-27(64-9)21(3)40(66-25(7)50)23(5)36(56)22(4)35(19)55/h10-13,15,19,21-23,26-27,35-36,40,55-57H,14,16-18H2,1-9H3,(H,47,51)(H,48,52)(H,49,61)(H,53,54)(H,62,63)/b11-10+,15-13+,20-12-/t19?,21?,22?,23?,26-,27?,35?,36?,40?,46?/m0/s1. The van der Waals surface area contributed by atoms with Gasteiger partial charge in [-0.3, -0.25) is 38.4 Å². The minimum atomic E-state index is -2.21. The molecule has 10 atom stereocenters. The van der Waals surface area contributed by atoms with Gasteiger partial charge in [0.05, 0.1) is 59.1 Å². The summed E-state index contributed by atoms with van der Waals surface area (Å²) < 4.78 is 23.3. The van der Waals surface area contributed by atoms with E-state index < -0.39 is 165 Å². The number of ether oxygens (including phenoxy) is 4. The molecule has 3 aliphatic heterocycles. The first kappa shape index (κ1) is 54.2. The van der Waals surface area contributed by atoms with Crippen LogP contribution in [0.1, 0.15) is 97.9 Å². The number of ketones is 3. The number of aliphatic hydroxyl groups is 2. The van der Waals surface area contributed by atoms with Gasteiger partial charge in [-0.2, -0.15) is 0 Å². The van der Waals surface area contributed by atoms with Crippen LogP contribution in [0, 0.1) is 30.6 Å². The van der Waals surface area contributed by atoms with Crippen LogP contribution in [0.25, 0.3) is 0 Å². The zero-order valence-corrected chi connectivity index (χ0v) is 39.7. The number of aliphatic carboxylic acids is 2. The Morgan fingerprint density at radius 2 is 1.57 bits per heavy atom. The summed E-state index contributed by atoms with van der Waals surface area (Å²) in [5.41, 5.74) is -2.34. The van der Waals surface area contributed by atoms with Gasteiger partial charge >= 0.3 is 23.7 Å². The lowest BCUT2D eigenvalue weighted by molar-refractivity contribution is -0.160. The number of aromatic hydroxyl groups is 1. The van der Waals surface area contributed by atoms with Gasteiger partial charge in [-0.05, 0) is 19.9 Å². The van der Waals surface area contributed by atoms with Gasteiger partial charge in [0.15, 0.2) is 0 Å². The molecule has 68 heavy (non-hydrogen) atoms. The van der Waals surface area contributed by atoms with Crippen molar-refractivity contribution in [3.63, 3.8) is 0 Å². The maximum Gasteiger partial charge on any atom is 0.326 e. The molecule has 22 heteroatoms. The number of hydrogen-bond donors (Lipinski definition) is 8. The van der Waals surface area contributed by atoms with E-state index in [1.54, 1.807) is 33.8 Å². The Hall–Kier alpha value is -6.36. The Kier molecular flexibility index (Phi) is 18.0. The largest absolute Gasteiger partial charge is 0.507 e. The third kappa shape index (κ3) is 12.0. The molecule has 3 amide bonds. The summed E-state index contributed by atoms with van der Waals surface area (Å²) in [6.07, 6.45) is 1.31. The van der Waals surface area contributed by atoms with Crippen molar-refractivity contribution in [1.29, 1.82) is 0 Å². The minimum Gasteiger partial charge on any atom is -0.507 e. The Bertz CT molecular complexity index is 2370. The molecule has 21 nitrogen and oxygen atoms in total. The van der Waals surface area contributed by atoms with Crippen LogP contribution < -0.4 is 20.7 Å². The van der Waals surface area contributed by atoms with Gasteiger partial charge in [-0.25, -0.2) is 4.79 Å². The molecule has 0 aromatic heterocycles. The summed E-state index contributed by atoms with van der Waals surface area (Å²) >= 11 is 0.624. The molecular formula is C46H57N3O18S. The summed E-state index contributed by atoms with van der Waals surface area (Å²) in [5.74, 6) is -15.8. The van der Waals surface area contributed by atoms with Crippen LogP contribution in [0.3, 0.4) is 0 Å². The number of Topliss-reactive ketones (excluding diaryl/α,β-unsaturated/α-hetero) is 3. The summed E-state index contributed by atoms with van der Waals surface area (Å²) in [5, 5.41) is 59.2. The van der Waals surface area contributed by atoms with Crippen molar-refractivity contribution in [2.75, 3.05) is 19.4 Å². The number of carbonyl (C=O) groups is 9. The fourth-order valence-electron chi connectivity index (χ4n) is 7.93. The van der Waals surface area contributed by atoms with Gasteiger partial charge in [0.1, 0.15) is 29.3 Å². The molecule has 0 fully saturated rings. The van der Waals surface area contributed by atoms with Crippen LogP contribution in [0.4, 0.5) is 0 Å². The summed E-state index contributed by atoms with van der Waals surface area (Å²) in [4.78, 5) is 117. The predicted octanol–water partition coefficient (Wildman–Crippen LogP) is 2.24. The van der Waals surface area contributed by atoms with E-state index >= 15 is 0 Å². The van der Waals surface area contributed by atoms with Crippen molar-refractivity contribution < 1.29 is 87.6 Å². The molecule has 3 heterocycles. The highest BCUT2D eigenvalue weighted by Crippen LogP contribution is 2.49. The fourth-order valence-corrected chi connectivity index (χ4v) is 8.95. The Labute approximate surface area is 395 Å². The van der Waals surface area contributed by atoms with Gasteiger partial charge in [0, 0.05) is 67.9 Å². The van der Waals surface area contributed by atoms with E-state index in [0.717, 1.165) is 6.26 Å². The van der Waals surface area contributed by atoms with E-state index in [1.165, 1.54) is 53.0 Å². The van der Waals surface area contributed by atoms with Crippen LogP contribution in [0.5, 0.6) is 11.5 Å². The molecule has 0 saturated heterocycles. The van der Waals surface area contributed by atoms with Crippen molar-refractivity contribution in [3.8, 4) is 11.5 Å². The van der Waals surface area contributed by atoms with E-state index in [9.17, 15) is 63.6 Å². The van der Waals surface area contributed by atoms with Crippen molar-refractivity contribution in [2.24, 2.45) is 23.7 Å². The number of amides is 3. The third-order valence-electron chi connectivity index (χ3n) is 11.9. The number of carboxylic acids is 2. The predicted molar refractivity (Wildman–Crippen MR) is 240 cm³/mol. The number of methoxy groups -OCH3 is 1. The molecular weight excluding hydrogens is 915 g/mol. The second-order valence-corrected chi connectivity index (χ2v) is 18.0. The molecule has 9 unspecified atom stereocenters. The maximum absolute atomic E-state index is 14.7. The number of esters is 1. The second-order valence-electron chi connectivity index (χ2n) is 16.9. The van der Waals surface area contributed by atoms with E-state index in [2.05, 4.69) is 10.6 Å². The van der Waals surface area contributed by atoms with E-state index in [1.807, 2.05) is 5.32 Å². The Balaban J connectivity index is 1.79. The molecule has 1 aliphatic carbocycles. The number of benzene rings is 1. The van der Waals surface area contributed by atoms with Gasteiger partial charge in [0.25, 0.3) is 11.7 Å². The number of allylic oxidation sites excluding steroid dienone is 4. The molecule has 1 aromatic rings. The van der Waals surface area contributed by atoms with Gasteiger partial charge in [0.2, 0.25) is 23.4 Å². The molecule has 0 saturated carbocycles. The quantitative estimate of drug-likeness (QED) is 0.139. The average molecular weight is 972 g/mol. The van der Waals surface area contributed by atoms with E-state index in [4.69, 9.17) is 24.1 Å². The van der Waals surface area contributed by atoms with Crippen molar-refractivity contribution in [2.45, 2.75) is 104 Å². The zero-order valence-electron chi connectivity index (χ0n) is 38.9. The average Bonchev–Trinajstić information content (AvgIpc) is 3.54. The molecule has 4 aliphatic rings. The van der Waals surface area contributed by atoms with E-state index in [-0.39, 0.29) is 22.6 Å². The highest BCUT2D eigenvalue weighted by atomic mass is 32.2. The SMILES string of the molecule is COC1/C=C/OC2(C)Oc3c(C)c(O)c4c(c3C2=O)C(=O)C(SCCC(=O)NCC(=O)N[C@@H](CC(=O)O)C(=O)O)=C(NC(=O)/C(C)=C\C=C\C(C)C(O)C(C)C(O)C(C)C(OC(C)=O)C1C)C4=O. The van der Waals surface area contributed by atoms with Crippen LogP contribution in [-0.2, 0) is 43.0 Å². The lowest BCUT2D eigenvalue weighted by atomic mass is 9.78. The summed E-state index contributed by atoms with van der Waals surface area (Å²) in [6.45, 7) is 11.1. The number of carbonyl (C=O) groups excluding carboxylic acids is 7. The van der Waals surface area contributed by atoms with Crippen LogP contribution in [0.2, 0.25) is 0 Å².